The van der Waals surface area contributed by atoms with Crippen molar-refractivity contribution in [2.45, 2.75) is 12.8 Å². The molecule has 3 N–H and O–H groups in total. The molecular formula is C19H18FN3O3. The van der Waals surface area contributed by atoms with Gasteiger partial charge in [0.1, 0.15) is 5.82 Å². The van der Waals surface area contributed by atoms with Crippen molar-refractivity contribution < 1.29 is 18.8 Å². The fourth-order valence-electron chi connectivity index (χ4n) is 2.33. The molecule has 26 heavy (non-hydrogen) atoms. The van der Waals surface area contributed by atoms with E-state index in [4.69, 9.17) is 0 Å². The molecule has 3 amide bonds. The minimum absolute atomic E-state index is 0.0139. The van der Waals surface area contributed by atoms with Crippen molar-refractivity contribution in [1.82, 2.24) is 5.32 Å². The third-order valence-corrected chi connectivity index (χ3v) is 3.88. The van der Waals surface area contributed by atoms with Gasteiger partial charge in [-0.15, -0.1) is 0 Å². The maximum atomic E-state index is 12.8. The van der Waals surface area contributed by atoms with E-state index in [1.807, 2.05) is 0 Å². The van der Waals surface area contributed by atoms with Crippen LogP contribution in [0, 0.1) is 11.7 Å². The lowest BCUT2D eigenvalue weighted by Crippen LogP contribution is -2.32. The van der Waals surface area contributed by atoms with Crippen LogP contribution in [0.1, 0.15) is 23.2 Å². The number of amides is 3. The highest BCUT2D eigenvalue weighted by Gasteiger charge is 2.29. The number of hydrogen-bond acceptors (Lipinski definition) is 3. The van der Waals surface area contributed by atoms with Crippen molar-refractivity contribution in [1.29, 1.82) is 0 Å². The quantitative estimate of drug-likeness (QED) is 0.744. The summed E-state index contributed by atoms with van der Waals surface area (Å²) in [4.78, 5) is 35.6. The molecule has 1 aliphatic rings. The summed E-state index contributed by atoms with van der Waals surface area (Å²) in [5.74, 6) is -1.24. The van der Waals surface area contributed by atoms with Crippen LogP contribution in [0.4, 0.5) is 15.8 Å². The molecule has 0 aromatic heterocycles. The average Bonchev–Trinajstić information content (AvgIpc) is 3.46. The Hall–Kier alpha value is -3.22. The molecule has 6 nitrogen and oxygen atoms in total. The molecule has 1 saturated carbocycles. The molecule has 0 atom stereocenters. The summed E-state index contributed by atoms with van der Waals surface area (Å²) < 4.78 is 12.8. The highest BCUT2D eigenvalue weighted by atomic mass is 19.1. The number of carbonyl (C=O) groups excluding carboxylic acids is 3. The Morgan fingerprint density at radius 2 is 1.62 bits per heavy atom. The van der Waals surface area contributed by atoms with Gasteiger partial charge in [-0.2, -0.15) is 0 Å². The number of carbonyl (C=O) groups is 3. The van der Waals surface area contributed by atoms with Crippen molar-refractivity contribution in [3.05, 3.63) is 59.9 Å². The maximum absolute atomic E-state index is 12.8. The number of nitrogens with one attached hydrogen (secondary N) is 3. The van der Waals surface area contributed by atoms with Crippen LogP contribution in [-0.2, 0) is 9.59 Å². The number of benzene rings is 2. The van der Waals surface area contributed by atoms with Gasteiger partial charge in [-0.25, -0.2) is 4.39 Å². The third kappa shape index (κ3) is 4.89. The topological polar surface area (TPSA) is 87.3 Å². The Morgan fingerprint density at radius 1 is 0.962 bits per heavy atom. The predicted octanol–water partition coefficient (Wildman–Crippen LogP) is 2.54. The highest BCUT2D eigenvalue weighted by Crippen LogP contribution is 2.30. The third-order valence-electron chi connectivity index (χ3n) is 3.88. The predicted molar refractivity (Wildman–Crippen MR) is 95.2 cm³/mol. The summed E-state index contributed by atoms with van der Waals surface area (Å²) in [5.41, 5.74) is 1.39. The van der Waals surface area contributed by atoms with Gasteiger partial charge >= 0.3 is 0 Å². The van der Waals surface area contributed by atoms with Gasteiger partial charge < -0.3 is 16.0 Å². The van der Waals surface area contributed by atoms with Crippen molar-refractivity contribution in [3.63, 3.8) is 0 Å². The van der Waals surface area contributed by atoms with Crippen LogP contribution in [-0.4, -0.2) is 24.3 Å². The largest absolute Gasteiger partial charge is 0.343 e. The molecule has 2 aromatic carbocycles. The maximum Gasteiger partial charge on any atom is 0.251 e. The first-order valence-electron chi connectivity index (χ1n) is 8.26. The first kappa shape index (κ1) is 17.6. The van der Waals surface area contributed by atoms with Gasteiger partial charge in [-0.05, 0) is 55.3 Å². The summed E-state index contributed by atoms with van der Waals surface area (Å²) in [7, 11) is 0. The van der Waals surface area contributed by atoms with Gasteiger partial charge in [0.15, 0.2) is 0 Å². The summed E-state index contributed by atoms with van der Waals surface area (Å²) in [5, 5.41) is 7.92. The molecule has 0 spiro atoms. The molecule has 0 bridgehead atoms. The highest BCUT2D eigenvalue weighted by molar-refractivity contribution is 6.00. The molecule has 0 aliphatic heterocycles. The minimum atomic E-state index is -0.467. The number of hydrogen-bond donors (Lipinski definition) is 3. The molecule has 2 aromatic rings. The van der Waals surface area contributed by atoms with Gasteiger partial charge in [0, 0.05) is 22.9 Å². The van der Waals surface area contributed by atoms with Crippen molar-refractivity contribution >= 4 is 29.1 Å². The molecular weight excluding hydrogens is 337 g/mol. The SMILES string of the molecule is O=C(CNC(=O)c1ccc(F)cc1)Nc1cccc(NC(=O)C2CC2)c1. The molecule has 0 unspecified atom stereocenters. The smallest absolute Gasteiger partial charge is 0.251 e. The van der Waals surface area contributed by atoms with Crippen LogP contribution in [0.5, 0.6) is 0 Å². The minimum Gasteiger partial charge on any atom is -0.343 e. The van der Waals surface area contributed by atoms with Crippen LogP contribution in [0.15, 0.2) is 48.5 Å². The zero-order chi connectivity index (χ0) is 18.5. The van der Waals surface area contributed by atoms with Gasteiger partial charge in [-0.1, -0.05) is 6.07 Å². The lowest BCUT2D eigenvalue weighted by Gasteiger charge is -2.09. The van der Waals surface area contributed by atoms with Crippen molar-refractivity contribution in [2.24, 2.45) is 5.92 Å². The van der Waals surface area contributed by atoms with E-state index >= 15 is 0 Å². The van der Waals surface area contributed by atoms with Crippen LogP contribution in [0.2, 0.25) is 0 Å². The number of anilines is 2. The van der Waals surface area contributed by atoms with Crippen LogP contribution >= 0.6 is 0 Å². The first-order valence-corrected chi connectivity index (χ1v) is 8.26. The van der Waals surface area contributed by atoms with Crippen molar-refractivity contribution in [2.75, 3.05) is 17.2 Å². The van der Waals surface area contributed by atoms with E-state index in [-0.39, 0.29) is 23.9 Å². The molecule has 134 valence electrons. The van der Waals surface area contributed by atoms with E-state index < -0.39 is 17.6 Å². The summed E-state index contributed by atoms with van der Waals surface area (Å²) in [6, 6.07) is 11.8. The second-order valence-electron chi connectivity index (χ2n) is 6.08. The lowest BCUT2D eigenvalue weighted by molar-refractivity contribution is -0.117. The Bertz CT molecular complexity index is 832. The van der Waals surface area contributed by atoms with Gasteiger partial charge in [0.25, 0.3) is 5.91 Å². The number of halogens is 1. The molecule has 3 rings (SSSR count). The van der Waals surface area contributed by atoms with E-state index in [1.165, 1.54) is 24.3 Å². The monoisotopic (exact) mass is 355 g/mol. The molecule has 0 radical (unpaired) electrons. The van der Waals surface area contributed by atoms with E-state index in [2.05, 4.69) is 16.0 Å². The standard InChI is InChI=1S/C19H18FN3O3/c20-14-8-6-12(7-9-14)18(25)21-11-17(24)22-15-2-1-3-16(10-15)23-19(26)13-4-5-13/h1-3,6-10,13H,4-5,11H2,(H,21,25)(H,22,24)(H,23,26). The Morgan fingerprint density at radius 3 is 2.27 bits per heavy atom. The van der Waals surface area contributed by atoms with Crippen LogP contribution in [0.25, 0.3) is 0 Å². The summed E-state index contributed by atoms with van der Waals surface area (Å²) in [6.07, 6.45) is 1.83. The van der Waals surface area contributed by atoms with Gasteiger partial charge in [0.05, 0.1) is 6.54 Å². The zero-order valence-electron chi connectivity index (χ0n) is 13.9. The number of rotatable bonds is 6. The normalized spacial score (nSPS) is 13.0. The second kappa shape index (κ2) is 7.77. The fraction of sp³-hybridized carbons (Fsp3) is 0.211. The second-order valence-corrected chi connectivity index (χ2v) is 6.08. The molecule has 0 heterocycles. The van der Waals surface area contributed by atoms with Crippen molar-refractivity contribution in [3.8, 4) is 0 Å². The van der Waals surface area contributed by atoms with Gasteiger partial charge in [-0.3, -0.25) is 14.4 Å². The summed E-state index contributed by atoms with van der Waals surface area (Å²) in [6.45, 7) is -0.227. The first-order chi connectivity index (χ1) is 12.5. The van der Waals surface area contributed by atoms with E-state index in [0.717, 1.165) is 12.8 Å². The van der Waals surface area contributed by atoms with Gasteiger partial charge in [0.2, 0.25) is 11.8 Å². The zero-order valence-corrected chi connectivity index (χ0v) is 13.9. The average molecular weight is 355 g/mol. The summed E-state index contributed by atoms with van der Waals surface area (Å²) >= 11 is 0. The molecule has 0 saturated heterocycles. The molecule has 1 fully saturated rings. The van der Waals surface area contributed by atoms with E-state index in [1.54, 1.807) is 24.3 Å². The lowest BCUT2D eigenvalue weighted by atomic mass is 10.2. The van der Waals surface area contributed by atoms with Crippen LogP contribution in [0.3, 0.4) is 0 Å². The Kier molecular flexibility index (Phi) is 5.26. The molecule has 7 heteroatoms. The Labute approximate surface area is 149 Å². The Balaban J connectivity index is 1.50. The van der Waals surface area contributed by atoms with E-state index in [0.29, 0.717) is 11.4 Å². The van der Waals surface area contributed by atoms with Crippen LogP contribution < -0.4 is 16.0 Å². The fourth-order valence-corrected chi connectivity index (χ4v) is 2.33. The van der Waals surface area contributed by atoms with E-state index in [9.17, 15) is 18.8 Å². The molecule has 1 aliphatic carbocycles.